The Morgan fingerprint density at radius 1 is 1.29 bits per heavy atom. The molecule has 1 aromatic heterocycles. The lowest BCUT2D eigenvalue weighted by molar-refractivity contribution is -0.0831. The number of aliphatic hydroxyl groups is 2. The fourth-order valence-electron chi connectivity index (χ4n) is 4.42. The van der Waals surface area contributed by atoms with Gasteiger partial charge in [-0.2, -0.15) is 0 Å². The highest BCUT2D eigenvalue weighted by Crippen LogP contribution is 2.46. The Morgan fingerprint density at radius 3 is 2.48 bits per heavy atom. The fraction of sp³-hybridized carbons (Fsp3) is 0.600. The maximum Gasteiger partial charge on any atom is 0.329 e. The highest BCUT2D eigenvalue weighted by atomic mass is 19.1. The van der Waals surface area contributed by atoms with Gasteiger partial charge in [-0.15, -0.1) is 0 Å². The Kier molecular flexibility index (Phi) is 5.01. The zero-order valence-electron chi connectivity index (χ0n) is 17.5. The van der Waals surface area contributed by atoms with Crippen molar-refractivity contribution in [1.82, 2.24) is 9.55 Å². The number of aromatic nitrogens is 2. The molecule has 1 aliphatic heterocycles. The SMILES string of the molecule is COc1c(N2CC(F)C(C(O)C(C)(C)O)C2)c(F)c(N)c2c(=O)[nH]c(=O)n(C3CC3)c12. The second kappa shape index (κ2) is 7.20. The molecule has 0 bridgehead atoms. The smallest absolute Gasteiger partial charge is 0.329 e. The minimum Gasteiger partial charge on any atom is -0.492 e. The van der Waals surface area contributed by atoms with Crippen LogP contribution < -0.4 is 26.6 Å². The molecule has 0 spiro atoms. The van der Waals surface area contributed by atoms with Crippen LogP contribution in [-0.2, 0) is 0 Å². The fourth-order valence-corrected chi connectivity index (χ4v) is 4.42. The number of rotatable bonds is 5. The molecule has 0 radical (unpaired) electrons. The predicted molar refractivity (Wildman–Crippen MR) is 111 cm³/mol. The van der Waals surface area contributed by atoms with Crippen LogP contribution in [0.1, 0.15) is 32.7 Å². The first-order valence-corrected chi connectivity index (χ1v) is 10.1. The van der Waals surface area contributed by atoms with Crippen LogP contribution in [0, 0.1) is 11.7 Å². The number of nitrogens with two attached hydrogens (primary N) is 1. The van der Waals surface area contributed by atoms with Crippen molar-refractivity contribution < 1.29 is 23.7 Å². The molecule has 2 heterocycles. The summed E-state index contributed by atoms with van der Waals surface area (Å²) in [6, 6.07) is -0.185. The third kappa shape index (κ3) is 3.35. The molecule has 3 atom stereocenters. The Balaban J connectivity index is 1.94. The monoisotopic (exact) mass is 440 g/mol. The number of fused-ring (bicyclic) bond motifs is 1. The van der Waals surface area contributed by atoms with E-state index < -0.39 is 46.5 Å². The molecular formula is C20H26F2N4O5. The Morgan fingerprint density at radius 2 is 1.94 bits per heavy atom. The number of aromatic amines is 1. The average molecular weight is 440 g/mol. The number of methoxy groups -OCH3 is 1. The highest BCUT2D eigenvalue weighted by molar-refractivity contribution is 5.99. The van der Waals surface area contributed by atoms with Crippen LogP contribution in [0.5, 0.6) is 5.75 Å². The van der Waals surface area contributed by atoms with Crippen LogP contribution in [0.15, 0.2) is 9.59 Å². The molecule has 1 aliphatic carbocycles. The molecule has 11 heteroatoms. The summed E-state index contributed by atoms with van der Waals surface area (Å²) in [4.78, 5) is 28.5. The van der Waals surface area contributed by atoms with Crippen LogP contribution >= 0.6 is 0 Å². The van der Waals surface area contributed by atoms with Crippen LogP contribution in [0.25, 0.3) is 10.9 Å². The number of hydrogen-bond donors (Lipinski definition) is 4. The predicted octanol–water partition coefficient (Wildman–Crippen LogP) is 0.661. The van der Waals surface area contributed by atoms with Gasteiger partial charge in [0.2, 0.25) is 0 Å². The van der Waals surface area contributed by atoms with Gasteiger partial charge >= 0.3 is 5.69 Å². The second-order valence-electron chi connectivity index (χ2n) is 8.88. The average Bonchev–Trinajstić information content (AvgIpc) is 3.44. The summed E-state index contributed by atoms with van der Waals surface area (Å²) >= 11 is 0. The zero-order valence-corrected chi connectivity index (χ0v) is 17.5. The first-order valence-electron chi connectivity index (χ1n) is 10.1. The van der Waals surface area contributed by atoms with E-state index in [0.717, 1.165) is 0 Å². The van der Waals surface area contributed by atoms with Crippen LogP contribution in [0.3, 0.4) is 0 Å². The summed E-state index contributed by atoms with van der Waals surface area (Å²) in [5.41, 5.74) is 2.34. The second-order valence-corrected chi connectivity index (χ2v) is 8.88. The lowest BCUT2D eigenvalue weighted by Gasteiger charge is -2.30. The van der Waals surface area contributed by atoms with Crippen molar-refractivity contribution in [2.24, 2.45) is 5.92 Å². The van der Waals surface area contributed by atoms with Crippen LogP contribution in [0.4, 0.5) is 20.2 Å². The van der Waals surface area contributed by atoms with E-state index in [1.165, 1.54) is 30.4 Å². The van der Waals surface area contributed by atoms with Gasteiger partial charge in [-0.3, -0.25) is 14.3 Å². The van der Waals surface area contributed by atoms with Gasteiger partial charge in [0.25, 0.3) is 5.56 Å². The number of anilines is 2. The number of benzene rings is 1. The maximum absolute atomic E-state index is 15.4. The molecule has 2 fully saturated rings. The molecule has 2 aliphatic rings. The molecule has 5 N–H and O–H groups in total. The van der Waals surface area contributed by atoms with Crippen LogP contribution in [0.2, 0.25) is 0 Å². The van der Waals surface area contributed by atoms with E-state index in [2.05, 4.69) is 4.98 Å². The van der Waals surface area contributed by atoms with Crippen molar-refractivity contribution in [2.75, 3.05) is 30.8 Å². The lowest BCUT2D eigenvalue weighted by Crippen LogP contribution is -2.45. The van der Waals surface area contributed by atoms with E-state index in [1.807, 2.05) is 0 Å². The molecule has 2 aromatic rings. The maximum atomic E-state index is 15.4. The van der Waals surface area contributed by atoms with Gasteiger partial charge in [-0.05, 0) is 26.7 Å². The summed E-state index contributed by atoms with van der Waals surface area (Å²) in [6.45, 7) is 2.32. The van der Waals surface area contributed by atoms with Gasteiger partial charge in [0.05, 0.1) is 29.9 Å². The number of hydrogen-bond acceptors (Lipinski definition) is 7. The summed E-state index contributed by atoms with van der Waals surface area (Å²) in [5.74, 6) is -2.06. The number of aliphatic hydroxyl groups excluding tert-OH is 1. The number of alkyl halides is 1. The van der Waals surface area contributed by atoms with Crippen molar-refractivity contribution in [3.63, 3.8) is 0 Å². The van der Waals surface area contributed by atoms with E-state index in [-0.39, 0.29) is 41.5 Å². The van der Waals surface area contributed by atoms with Gasteiger partial charge in [0.1, 0.15) is 17.4 Å². The molecule has 170 valence electrons. The van der Waals surface area contributed by atoms with Crippen LogP contribution in [-0.4, -0.2) is 57.8 Å². The van der Waals surface area contributed by atoms with E-state index in [0.29, 0.717) is 12.8 Å². The summed E-state index contributed by atoms with van der Waals surface area (Å²) < 4.78 is 37.0. The topological polar surface area (TPSA) is 134 Å². The van der Waals surface area contributed by atoms with Gasteiger partial charge in [0.15, 0.2) is 11.6 Å². The minimum absolute atomic E-state index is 0.0644. The van der Waals surface area contributed by atoms with Gasteiger partial charge < -0.3 is 25.6 Å². The Labute approximate surface area is 176 Å². The minimum atomic E-state index is -1.56. The van der Waals surface area contributed by atoms with Gasteiger partial charge in [0, 0.05) is 25.0 Å². The normalized spacial score (nSPS) is 22.9. The summed E-state index contributed by atoms with van der Waals surface area (Å²) in [6.07, 6.45) is -1.56. The van der Waals surface area contributed by atoms with Gasteiger partial charge in [-0.25, -0.2) is 13.6 Å². The number of H-pyrrole nitrogens is 1. The lowest BCUT2D eigenvalue weighted by atomic mass is 9.88. The summed E-state index contributed by atoms with van der Waals surface area (Å²) in [5, 5.41) is 20.3. The van der Waals surface area contributed by atoms with E-state index in [1.54, 1.807) is 0 Å². The third-order valence-electron chi connectivity index (χ3n) is 6.14. The first-order chi connectivity index (χ1) is 14.5. The first kappa shape index (κ1) is 21.6. The van der Waals surface area contributed by atoms with Crippen molar-refractivity contribution in [3.05, 3.63) is 26.7 Å². The molecule has 31 heavy (non-hydrogen) atoms. The molecular weight excluding hydrogens is 414 g/mol. The standard InChI is InChI=1S/C20H26F2N4O5/c1-20(2,30)17(27)9-6-25(7-10(9)21)15-12(22)13(23)11-14(16(15)31-3)26(8-4-5-8)19(29)24-18(11)28/h8-10,17,27,30H,4-7,23H2,1-3H3,(H,24,28,29). The van der Waals surface area contributed by atoms with E-state index in [9.17, 15) is 24.2 Å². The molecule has 1 saturated heterocycles. The highest BCUT2D eigenvalue weighted by Gasteiger charge is 2.45. The zero-order chi connectivity index (χ0) is 22.8. The van der Waals surface area contributed by atoms with Crippen molar-refractivity contribution in [3.8, 4) is 5.75 Å². The quantitative estimate of drug-likeness (QED) is 0.502. The van der Waals surface area contributed by atoms with E-state index >= 15 is 4.39 Å². The molecule has 9 nitrogen and oxygen atoms in total. The van der Waals surface area contributed by atoms with Crippen molar-refractivity contribution in [2.45, 2.75) is 50.6 Å². The van der Waals surface area contributed by atoms with Gasteiger partial charge in [-0.1, -0.05) is 0 Å². The van der Waals surface area contributed by atoms with Crippen molar-refractivity contribution in [1.29, 1.82) is 0 Å². The molecule has 1 saturated carbocycles. The van der Waals surface area contributed by atoms with E-state index in [4.69, 9.17) is 10.5 Å². The molecule has 0 amide bonds. The number of nitrogens with zero attached hydrogens (tertiary/aromatic N) is 2. The number of ether oxygens (including phenoxy) is 1. The summed E-state index contributed by atoms with van der Waals surface area (Å²) in [7, 11) is 1.27. The Hall–Kier alpha value is -2.66. The number of nitrogen functional groups attached to an aromatic ring is 1. The number of halogens is 2. The molecule has 3 unspecified atom stereocenters. The Bertz CT molecular complexity index is 1150. The molecule has 4 rings (SSSR count). The number of nitrogens with one attached hydrogen (secondary N) is 1. The molecule has 1 aromatic carbocycles. The third-order valence-corrected chi connectivity index (χ3v) is 6.14. The largest absolute Gasteiger partial charge is 0.492 e. The van der Waals surface area contributed by atoms with Crippen molar-refractivity contribution >= 4 is 22.3 Å².